The molecule has 2 aromatic rings. The quantitative estimate of drug-likeness (QED) is 0.434. The van der Waals surface area contributed by atoms with Crippen LogP contribution in [0.1, 0.15) is 40.8 Å². The van der Waals surface area contributed by atoms with E-state index in [2.05, 4.69) is 10.3 Å². The van der Waals surface area contributed by atoms with E-state index >= 15 is 0 Å². The second kappa shape index (κ2) is 9.62. The summed E-state index contributed by atoms with van der Waals surface area (Å²) in [5.74, 6) is -0.988. The molecule has 1 aromatic carbocycles. The van der Waals surface area contributed by atoms with Crippen LogP contribution in [-0.4, -0.2) is 29.3 Å². The van der Waals surface area contributed by atoms with Crippen molar-refractivity contribution in [3.8, 4) is 0 Å². The highest BCUT2D eigenvalue weighted by molar-refractivity contribution is 7.09. The summed E-state index contributed by atoms with van der Waals surface area (Å²) in [6, 6.07) is 6.47. The second-order valence-corrected chi connectivity index (χ2v) is 6.59. The molecule has 1 amide bonds. The summed E-state index contributed by atoms with van der Waals surface area (Å²) in [6.07, 6.45) is 4.01. The molecule has 0 aliphatic heterocycles. The Hall–Kier alpha value is -2.80. The summed E-state index contributed by atoms with van der Waals surface area (Å²) in [5, 5.41) is 5.47. The maximum absolute atomic E-state index is 12.1. The van der Waals surface area contributed by atoms with E-state index in [0.29, 0.717) is 23.4 Å². The minimum atomic E-state index is -0.604. The number of nitrogens with one attached hydrogen (secondary N) is 1. The van der Waals surface area contributed by atoms with Gasteiger partial charge in [-0.05, 0) is 43.7 Å². The standard InChI is InChI=1S/C19H20N2O4S/c1-3-4-18(23)21-15-7-5-14(6-8-15)17(22)11-25-19(24)10-9-16-12-26-13(2)20-16/h5-10,12H,3-4,11H2,1-2H3,(H,21,23)/b10-9+. The maximum Gasteiger partial charge on any atom is 0.331 e. The highest BCUT2D eigenvalue weighted by Gasteiger charge is 2.09. The van der Waals surface area contributed by atoms with Crippen LogP contribution in [0.25, 0.3) is 6.08 Å². The first-order valence-electron chi connectivity index (χ1n) is 8.18. The topological polar surface area (TPSA) is 85.4 Å². The van der Waals surface area contributed by atoms with E-state index in [0.717, 1.165) is 11.4 Å². The molecule has 0 radical (unpaired) electrons. The molecule has 0 aliphatic carbocycles. The molecule has 7 heteroatoms. The van der Waals surface area contributed by atoms with Crippen molar-refractivity contribution in [3.05, 3.63) is 52.0 Å². The van der Waals surface area contributed by atoms with Gasteiger partial charge in [-0.3, -0.25) is 9.59 Å². The number of thiazole rings is 1. The SMILES string of the molecule is CCCC(=O)Nc1ccc(C(=O)COC(=O)/C=C/c2csc(C)n2)cc1. The number of aryl methyl sites for hydroxylation is 1. The summed E-state index contributed by atoms with van der Waals surface area (Å²) in [4.78, 5) is 39.4. The van der Waals surface area contributed by atoms with Crippen molar-refractivity contribution in [1.29, 1.82) is 0 Å². The number of carbonyl (C=O) groups excluding carboxylic acids is 3. The van der Waals surface area contributed by atoms with Gasteiger partial charge in [0.2, 0.25) is 5.91 Å². The van der Waals surface area contributed by atoms with Crippen LogP contribution < -0.4 is 5.32 Å². The average molecular weight is 372 g/mol. The number of hydrogen-bond donors (Lipinski definition) is 1. The Morgan fingerprint density at radius 3 is 2.58 bits per heavy atom. The van der Waals surface area contributed by atoms with Gasteiger partial charge in [0.1, 0.15) is 0 Å². The molecule has 0 saturated carbocycles. The number of amides is 1. The van der Waals surface area contributed by atoms with E-state index in [-0.39, 0.29) is 18.3 Å². The van der Waals surface area contributed by atoms with Crippen LogP contribution in [0.3, 0.4) is 0 Å². The summed E-state index contributed by atoms with van der Waals surface area (Å²) in [5.41, 5.74) is 1.71. The van der Waals surface area contributed by atoms with Gasteiger partial charge in [0.15, 0.2) is 12.4 Å². The number of hydrogen-bond acceptors (Lipinski definition) is 6. The summed E-state index contributed by atoms with van der Waals surface area (Å²) < 4.78 is 4.94. The molecule has 0 fully saturated rings. The number of anilines is 1. The van der Waals surface area contributed by atoms with Gasteiger partial charge in [-0.1, -0.05) is 6.92 Å². The Morgan fingerprint density at radius 1 is 1.23 bits per heavy atom. The van der Waals surface area contributed by atoms with Crippen LogP contribution >= 0.6 is 11.3 Å². The molecule has 1 heterocycles. The number of ketones is 1. The van der Waals surface area contributed by atoms with Gasteiger partial charge in [0.25, 0.3) is 0 Å². The Balaban J connectivity index is 1.82. The fourth-order valence-electron chi connectivity index (χ4n) is 2.07. The fraction of sp³-hybridized carbons (Fsp3) is 0.263. The lowest BCUT2D eigenvalue weighted by Crippen LogP contribution is -2.13. The molecule has 0 unspecified atom stereocenters. The lowest BCUT2D eigenvalue weighted by atomic mass is 10.1. The van der Waals surface area contributed by atoms with E-state index in [1.54, 1.807) is 30.3 Å². The molecule has 136 valence electrons. The van der Waals surface area contributed by atoms with Crippen molar-refractivity contribution >= 4 is 40.8 Å². The molecule has 0 bridgehead atoms. The highest BCUT2D eigenvalue weighted by atomic mass is 32.1. The van der Waals surface area contributed by atoms with Crippen LogP contribution in [0.15, 0.2) is 35.7 Å². The number of aromatic nitrogens is 1. The first-order valence-corrected chi connectivity index (χ1v) is 9.06. The minimum absolute atomic E-state index is 0.0670. The largest absolute Gasteiger partial charge is 0.454 e. The normalized spacial score (nSPS) is 10.7. The Morgan fingerprint density at radius 2 is 1.96 bits per heavy atom. The van der Waals surface area contributed by atoms with Gasteiger partial charge in [-0.15, -0.1) is 11.3 Å². The van der Waals surface area contributed by atoms with Gasteiger partial charge in [-0.25, -0.2) is 9.78 Å². The van der Waals surface area contributed by atoms with Crippen molar-refractivity contribution < 1.29 is 19.1 Å². The number of nitrogens with zero attached hydrogens (tertiary/aromatic N) is 1. The van der Waals surface area contributed by atoms with Crippen molar-refractivity contribution in [3.63, 3.8) is 0 Å². The zero-order valence-electron chi connectivity index (χ0n) is 14.7. The molecule has 0 spiro atoms. The average Bonchev–Trinajstić information content (AvgIpc) is 3.04. The number of carbonyl (C=O) groups is 3. The zero-order chi connectivity index (χ0) is 18.9. The minimum Gasteiger partial charge on any atom is -0.454 e. The molecule has 1 N–H and O–H groups in total. The summed E-state index contributed by atoms with van der Waals surface area (Å²) >= 11 is 1.48. The molecule has 0 atom stereocenters. The predicted octanol–water partition coefficient (Wildman–Crippen LogP) is 3.63. The molecule has 0 aliphatic rings. The molecule has 2 rings (SSSR count). The van der Waals surface area contributed by atoms with Crippen molar-refractivity contribution in [1.82, 2.24) is 4.98 Å². The number of benzene rings is 1. The lowest BCUT2D eigenvalue weighted by Gasteiger charge is -2.06. The van der Waals surface area contributed by atoms with Crippen molar-refractivity contribution in [2.24, 2.45) is 0 Å². The Kier molecular flexibility index (Phi) is 7.23. The number of Topliss-reactive ketones (excluding diaryl/α,β-unsaturated/α-hetero) is 1. The number of ether oxygens (including phenoxy) is 1. The van der Waals surface area contributed by atoms with Crippen LogP contribution in [0, 0.1) is 6.92 Å². The third kappa shape index (κ3) is 6.25. The van der Waals surface area contributed by atoms with Crippen LogP contribution in [-0.2, 0) is 14.3 Å². The van der Waals surface area contributed by atoms with Crippen molar-refractivity contribution in [2.45, 2.75) is 26.7 Å². The molecule has 6 nitrogen and oxygen atoms in total. The Labute approximate surface area is 155 Å². The van der Waals surface area contributed by atoms with E-state index in [1.165, 1.54) is 17.4 Å². The van der Waals surface area contributed by atoms with Crippen LogP contribution in [0.2, 0.25) is 0 Å². The molecular weight excluding hydrogens is 352 g/mol. The van der Waals surface area contributed by atoms with E-state index < -0.39 is 5.97 Å². The van der Waals surface area contributed by atoms with E-state index in [1.807, 2.05) is 19.2 Å². The lowest BCUT2D eigenvalue weighted by molar-refractivity contribution is -0.136. The first kappa shape index (κ1) is 19.5. The van der Waals surface area contributed by atoms with Gasteiger partial charge >= 0.3 is 5.97 Å². The number of esters is 1. The van der Waals surface area contributed by atoms with E-state index in [9.17, 15) is 14.4 Å². The van der Waals surface area contributed by atoms with E-state index in [4.69, 9.17) is 4.74 Å². The predicted molar refractivity (Wildman–Crippen MR) is 101 cm³/mol. The van der Waals surface area contributed by atoms with Gasteiger partial charge < -0.3 is 10.1 Å². The Bertz CT molecular complexity index is 809. The van der Waals surface area contributed by atoms with Crippen LogP contribution in [0.4, 0.5) is 5.69 Å². The maximum atomic E-state index is 12.1. The highest BCUT2D eigenvalue weighted by Crippen LogP contribution is 2.12. The molecular formula is C19H20N2O4S. The third-order valence-corrected chi connectivity index (χ3v) is 4.13. The smallest absolute Gasteiger partial charge is 0.331 e. The van der Waals surface area contributed by atoms with Crippen LogP contribution in [0.5, 0.6) is 0 Å². The summed E-state index contributed by atoms with van der Waals surface area (Å²) in [6.45, 7) is 3.45. The summed E-state index contributed by atoms with van der Waals surface area (Å²) in [7, 11) is 0. The second-order valence-electron chi connectivity index (χ2n) is 5.53. The first-order chi connectivity index (χ1) is 12.5. The zero-order valence-corrected chi connectivity index (χ0v) is 15.5. The number of rotatable bonds is 8. The monoisotopic (exact) mass is 372 g/mol. The van der Waals surface area contributed by atoms with Crippen molar-refractivity contribution in [2.75, 3.05) is 11.9 Å². The third-order valence-electron chi connectivity index (χ3n) is 3.34. The molecule has 0 saturated heterocycles. The van der Waals surface area contributed by atoms with Gasteiger partial charge in [-0.2, -0.15) is 0 Å². The molecule has 26 heavy (non-hydrogen) atoms. The fourth-order valence-corrected chi connectivity index (χ4v) is 2.65. The van der Waals surface area contributed by atoms with Gasteiger partial charge in [0, 0.05) is 29.1 Å². The molecule has 1 aromatic heterocycles. The van der Waals surface area contributed by atoms with Gasteiger partial charge in [0.05, 0.1) is 10.7 Å².